The van der Waals surface area contributed by atoms with Crippen LogP contribution in [0.1, 0.15) is 108 Å². The van der Waals surface area contributed by atoms with Crippen molar-refractivity contribution in [2.45, 2.75) is 109 Å². The molecule has 1 nitrogen and oxygen atoms in total. The third kappa shape index (κ3) is 7.27. The van der Waals surface area contributed by atoms with E-state index in [1.165, 1.54) is 81.8 Å². The van der Waals surface area contributed by atoms with E-state index in [9.17, 15) is 0 Å². The van der Waals surface area contributed by atoms with Gasteiger partial charge in [0.15, 0.2) is 0 Å². The molecule has 166 valence electrons. The number of hydrogen-bond donors (Lipinski definition) is 1. The summed E-state index contributed by atoms with van der Waals surface area (Å²) in [5.41, 5.74) is 9.56. The summed E-state index contributed by atoms with van der Waals surface area (Å²) in [5.74, 6) is 0. The average Bonchev–Trinajstić information content (AvgIpc) is 2.80. The molecule has 2 aromatic rings. The molecule has 1 unspecified atom stereocenters. The summed E-state index contributed by atoms with van der Waals surface area (Å²) in [7, 11) is 0. The molecular formula is C29H45N. The van der Waals surface area contributed by atoms with Gasteiger partial charge in [0.1, 0.15) is 0 Å². The zero-order valence-electron chi connectivity index (χ0n) is 19.6. The first-order valence-corrected chi connectivity index (χ1v) is 12.6. The predicted molar refractivity (Wildman–Crippen MR) is 133 cm³/mol. The summed E-state index contributed by atoms with van der Waals surface area (Å²) < 4.78 is 0. The highest BCUT2D eigenvalue weighted by Crippen LogP contribution is 2.39. The van der Waals surface area contributed by atoms with Gasteiger partial charge in [-0.1, -0.05) is 145 Å². The van der Waals surface area contributed by atoms with Crippen LogP contribution < -0.4 is 5.73 Å². The van der Waals surface area contributed by atoms with Crippen molar-refractivity contribution >= 4 is 0 Å². The van der Waals surface area contributed by atoms with Gasteiger partial charge in [-0.25, -0.2) is 0 Å². The van der Waals surface area contributed by atoms with Crippen LogP contribution >= 0.6 is 0 Å². The number of rotatable bonds is 16. The van der Waals surface area contributed by atoms with Crippen LogP contribution in [-0.2, 0) is 5.41 Å². The maximum Gasteiger partial charge on any atom is 0.0351 e. The Labute approximate surface area is 186 Å². The molecule has 1 atom stereocenters. The zero-order chi connectivity index (χ0) is 21.5. The number of benzene rings is 2. The largest absolute Gasteiger partial charge is 0.327 e. The van der Waals surface area contributed by atoms with Crippen molar-refractivity contribution in [3.05, 3.63) is 71.8 Å². The molecule has 0 radical (unpaired) electrons. The van der Waals surface area contributed by atoms with E-state index < -0.39 is 0 Å². The van der Waals surface area contributed by atoms with Crippen LogP contribution in [0.5, 0.6) is 0 Å². The highest BCUT2D eigenvalue weighted by atomic mass is 14.7. The predicted octanol–water partition coefficient (Wildman–Crippen LogP) is 8.41. The summed E-state index contributed by atoms with van der Waals surface area (Å²) in [6.07, 6.45) is 17.3. The molecule has 0 spiro atoms. The quantitative estimate of drug-likeness (QED) is 0.278. The fourth-order valence-corrected chi connectivity index (χ4v) is 5.01. The Kier molecular flexibility index (Phi) is 11.9. The van der Waals surface area contributed by atoms with E-state index in [0.29, 0.717) is 0 Å². The first-order chi connectivity index (χ1) is 14.8. The van der Waals surface area contributed by atoms with Crippen LogP contribution in [0.2, 0.25) is 0 Å². The van der Waals surface area contributed by atoms with E-state index in [2.05, 4.69) is 74.5 Å². The lowest BCUT2D eigenvalue weighted by atomic mass is 9.66. The van der Waals surface area contributed by atoms with E-state index in [0.717, 1.165) is 12.8 Å². The molecule has 2 N–H and O–H groups in total. The standard InChI is InChI=1S/C29H45N/c1-3-5-6-7-8-9-10-11-12-13-20-25-28(30)29(4-2,26-21-16-14-17-22-26)27-23-18-15-19-24-27/h14-19,21-24,28H,3-13,20,25,30H2,1-2H3. The minimum atomic E-state index is -0.0962. The molecule has 0 aromatic heterocycles. The van der Waals surface area contributed by atoms with Crippen molar-refractivity contribution in [3.63, 3.8) is 0 Å². The van der Waals surface area contributed by atoms with Gasteiger partial charge in [0.25, 0.3) is 0 Å². The molecule has 0 heterocycles. The maximum atomic E-state index is 6.95. The minimum absolute atomic E-state index is 0.0962. The Morgan fingerprint density at radius 1 is 0.600 bits per heavy atom. The van der Waals surface area contributed by atoms with Crippen LogP contribution in [0.4, 0.5) is 0 Å². The molecule has 2 aromatic carbocycles. The van der Waals surface area contributed by atoms with Crippen molar-refractivity contribution in [1.82, 2.24) is 0 Å². The van der Waals surface area contributed by atoms with Crippen LogP contribution in [0, 0.1) is 0 Å². The fraction of sp³-hybridized carbons (Fsp3) is 0.586. The zero-order valence-corrected chi connectivity index (χ0v) is 19.6. The van der Waals surface area contributed by atoms with E-state index in [-0.39, 0.29) is 11.5 Å². The Morgan fingerprint density at radius 2 is 1.00 bits per heavy atom. The van der Waals surface area contributed by atoms with Crippen molar-refractivity contribution < 1.29 is 0 Å². The Morgan fingerprint density at radius 3 is 1.40 bits per heavy atom. The second-order valence-electron chi connectivity index (χ2n) is 8.99. The van der Waals surface area contributed by atoms with Crippen molar-refractivity contribution in [3.8, 4) is 0 Å². The molecule has 0 bridgehead atoms. The summed E-state index contributed by atoms with van der Waals surface area (Å²) in [6.45, 7) is 4.58. The topological polar surface area (TPSA) is 26.0 Å². The molecule has 0 saturated heterocycles. The smallest absolute Gasteiger partial charge is 0.0351 e. The van der Waals surface area contributed by atoms with Gasteiger partial charge in [0, 0.05) is 11.5 Å². The van der Waals surface area contributed by atoms with Crippen LogP contribution in [0.25, 0.3) is 0 Å². The molecule has 0 saturated carbocycles. The van der Waals surface area contributed by atoms with E-state index >= 15 is 0 Å². The van der Waals surface area contributed by atoms with Gasteiger partial charge >= 0.3 is 0 Å². The second kappa shape index (κ2) is 14.4. The molecule has 0 aliphatic carbocycles. The van der Waals surface area contributed by atoms with Gasteiger partial charge in [0.2, 0.25) is 0 Å². The second-order valence-corrected chi connectivity index (χ2v) is 8.99. The summed E-state index contributed by atoms with van der Waals surface area (Å²) in [4.78, 5) is 0. The first-order valence-electron chi connectivity index (χ1n) is 12.6. The highest BCUT2D eigenvalue weighted by Gasteiger charge is 2.38. The normalized spacial score (nSPS) is 12.8. The monoisotopic (exact) mass is 407 g/mol. The van der Waals surface area contributed by atoms with Gasteiger partial charge < -0.3 is 5.73 Å². The van der Waals surface area contributed by atoms with Gasteiger partial charge in [-0.15, -0.1) is 0 Å². The van der Waals surface area contributed by atoms with Crippen LogP contribution in [0.15, 0.2) is 60.7 Å². The summed E-state index contributed by atoms with van der Waals surface area (Å²) in [6, 6.07) is 22.0. The lowest BCUT2D eigenvalue weighted by molar-refractivity contribution is 0.363. The molecular weight excluding hydrogens is 362 g/mol. The minimum Gasteiger partial charge on any atom is -0.327 e. The van der Waals surface area contributed by atoms with Crippen LogP contribution in [-0.4, -0.2) is 6.04 Å². The van der Waals surface area contributed by atoms with E-state index in [4.69, 9.17) is 5.73 Å². The first kappa shape index (κ1) is 24.7. The molecule has 0 fully saturated rings. The van der Waals surface area contributed by atoms with Gasteiger partial charge in [-0.05, 0) is 24.0 Å². The lowest BCUT2D eigenvalue weighted by Gasteiger charge is -2.40. The average molecular weight is 408 g/mol. The van der Waals surface area contributed by atoms with Gasteiger partial charge in [-0.3, -0.25) is 0 Å². The summed E-state index contributed by atoms with van der Waals surface area (Å²) in [5, 5.41) is 0. The van der Waals surface area contributed by atoms with E-state index in [1.807, 2.05) is 0 Å². The SMILES string of the molecule is CCCCCCCCCCCCCC(N)C(CC)(c1ccccc1)c1ccccc1. The highest BCUT2D eigenvalue weighted by molar-refractivity contribution is 5.41. The fourth-order valence-electron chi connectivity index (χ4n) is 5.01. The van der Waals surface area contributed by atoms with Gasteiger partial charge in [0.05, 0.1) is 0 Å². The molecule has 0 aliphatic heterocycles. The molecule has 0 amide bonds. The summed E-state index contributed by atoms with van der Waals surface area (Å²) >= 11 is 0. The van der Waals surface area contributed by atoms with E-state index in [1.54, 1.807) is 0 Å². The number of hydrogen-bond acceptors (Lipinski definition) is 1. The maximum absolute atomic E-state index is 6.95. The third-order valence-electron chi connectivity index (χ3n) is 6.89. The van der Waals surface area contributed by atoms with Crippen molar-refractivity contribution in [1.29, 1.82) is 0 Å². The Balaban J connectivity index is 1.83. The number of nitrogens with two attached hydrogens (primary N) is 1. The van der Waals surface area contributed by atoms with Crippen molar-refractivity contribution in [2.24, 2.45) is 5.73 Å². The molecule has 1 heteroatoms. The Bertz CT molecular complexity index is 609. The Hall–Kier alpha value is -1.60. The molecule has 0 aliphatic rings. The van der Waals surface area contributed by atoms with Crippen molar-refractivity contribution in [2.75, 3.05) is 0 Å². The molecule has 30 heavy (non-hydrogen) atoms. The lowest BCUT2D eigenvalue weighted by Crippen LogP contribution is -2.46. The van der Waals surface area contributed by atoms with Crippen LogP contribution in [0.3, 0.4) is 0 Å². The number of unbranched alkanes of at least 4 members (excludes halogenated alkanes) is 10. The molecule has 2 rings (SSSR count). The van der Waals surface area contributed by atoms with Gasteiger partial charge in [-0.2, -0.15) is 0 Å². The third-order valence-corrected chi connectivity index (χ3v) is 6.89.